The van der Waals surface area contributed by atoms with Crippen molar-refractivity contribution in [1.29, 1.82) is 0 Å². The number of hydrogen-bond acceptors (Lipinski definition) is 10. The van der Waals surface area contributed by atoms with Crippen LogP contribution in [-0.2, 0) is 38.1 Å². The van der Waals surface area contributed by atoms with Crippen molar-refractivity contribution < 1.29 is 47.7 Å². The molecule has 0 spiro atoms. The number of carbonyl (C=O) groups excluding carboxylic acids is 6. The van der Waals surface area contributed by atoms with Crippen LogP contribution in [0.4, 0.5) is 21.0 Å². The van der Waals surface area contributed by atoms with E-state index in [9.17, 15) is 28.8 Å². The van der Waals surface area contributed by atoms with Crippen LogP contribution in [0.25, 0.3) is 11.1 Å². The molecule has 2 rings (SSSR count). The van der Waals surface area contributed by atoms with Crippen molar-refractivity contribution in [1.82, 2.24) is 10.6 Å². The van der Waals surface area contributed by atoms with Crippen LogP contribution >= 0.6 is 0 Å². The first-order valence-electron chi connectivity index (χ1n) is 14.3. The summed E-state index contributed by atoms with van der Waals surface area (Å²) >= 11 is 0. The Labute approximate surface area is 277 Å². The Bertz CT molecular complexity index is 1370. The number of amides is 4. The minimum Gasteiger partial charge on any atom is -0.460 e. The molecule has 0 heterocycles. The monoisotopic (exact) mass is 662 g/mol. The maximum atomic E-state index is 12.7. The van der Waals surface area contributed by atoms with Crippen LogP contribution in [0.2, 0.25) is 0 Å². The fraction of sp³-hybridized carbons (Fsp3) is 0.235. The summed E-state index contributed by atoms with van der Waals surface area (Å²) in [7, 11) is 0. The Balaban J connectivity index is 2.03. The van der Waals surface area contributed by atoms with Gasteiger partial charge in [-0.1, -0.05) is 50.6 Å². The van der Waals surface area contributed by atoms with Crippen molar-refractivity contribution in [3.05, 3.63) is 99.2 Å². The van der Waals surface area contributed by atoms with E-state index in [4.69, 9.17) is 18.9 Å². The highest BCUT2D eigenvalue weighted by molar-refractivity contribution is 5.91. The topological polar surface area (TPSA) is 187 Å². The molecule has 48 heavy (non-hydrogen) atoms. The predicted molar refractivity (Wildman–Crippen MR) is 178 cm³/mol. The van der Waals surface area contributed by atoms with Gasteiger partial charge in [0.25, 0.3) is 0 Å². The summed E-state index contributed by atoms with van der Waals surface area (Å²) in [6.45, 7) is 15.2. The summed E-state index contributed by atoms with van der Waals surface area (Å²) in [5, 5.41) is 10.6. The molecule has 0 aliphatic heterocycles. The third kappa shape index (κ3) is 13.0. The van der Waals surface area contributed by atoms with Crippen molar-refractivity contribution >= 4 is 47.3 Å². The second kappa shape index (κ2) is 18.1. The Hall–Kier alpha value is -6.18. The lowest BCUT2D eigenvalue weighted by atomic mass is 10.0. The third-order valence-electron chi connectivity index (χ3n) is 6.25. The number of benzene rings is 2. The molecule has 0 aliphatic rings. The average Bonchev–Trinajstić information content (AvgIpc) is 3.08. The molecule has 0 saturated carbocycles. The third-order valence-corrected chi connectivity index (χ3v) is 6.25. The van der Waals surface area contributed by atoms with Gasteiger partial charge in [-0.05, 0) is 49.2 Å². The van der Waals surface area contributed by atoms with Crippen LogP contribution in [0.3, 0.4) is 0 Å². The normalized spacial score (nSPS) is 10.6. The first-order chi connectivity index (χ1) is 22.7. The summed E-state index contributed by atoms with van der Waals surface area (Å²) in [5.74, 6) is -2.85. The highest BCUT2D eigenvalue weighted by atomic mass is 16.6. The van der Waals surface area contributed by atoms with Crippen molar-refractivity contribution in [2.45, 2.75) is 24.9 Å². The highest BCUT2D eigenvalue weighted by Gasteiger charge is 2.31. The molecule has 0 aliphatic carbocycles. The lowest BCUT2D eigenvalue weighted by molar-refractivity contribution is -0.145. The molecular weight excluding hydrogens is 624 g/mol. The number of ether oxygens (including phenoxy) is 4. The van der Waals surface area contributed by atoms with Gasteiger partial charge in [0.15, 0.2) is 0 Å². The molecule has 14 heteroatoms. The number of rotatable bonds is 17. The molecule has 2 aromatic rings. The van der Waals surface area contributed by atoms with Gasteiger partial charge in [0.05, 0.1) is 0 Å². The minimum atomic E-state index is -1.26. The summed E-state index contributed by atoms with van der Waals surface area (Å²) in [5.41, 5.74) is -0.0296. The molecular formula is C34H38N4O10. The second-order valence-corrected chi connectivity index (χ2v) is 10.7. The van der Waals surface area contributed by atoms with E-state index in [1.165, 1.54) is 13.8 Å². The Morgan fingerprint density at radius 1 is 0.521 bits per heavy atom. The molecule has 0 unspecified atom stereocenters. The van der Waals surface area contributed by atoms with E-state index in [0.29, 0.717) is 11.4 Å². The molecule has 0 aromatic heterocycles. The van der Waals surface area contributed by atoms with Crippen LogP contribution < -0.4 is 21.3 Å². The molecule has 4 amide bonds. The molecule has 4 N–H and O–H groups in total. The number of nitrogens with one attached hydrogen (secondary N) is 4. The van der Waals surface area contributed by atoms with Crippen LogP contribution in [0.15, 0.2) is 99.2 Å². The summed E-state index contributed by atoms with van der Waals surface area (Å²) in [6, 6.07) is 12.4. The van der Waals surface area contributed by atoms with Gasteiger partial charge in [0, 0.05) is 35.7 Å². The molecule has 0 saturated heterocycles. The molecule has 0 fully saturated rings. The lowest BCUT2D eigenvalue weighted by Gasteiger charge is -2.29. The maximum Gasteiger partial charge on any atom is 0.330 e. The van der Waals surface area contributed by atoms with E-state index in [2.05, 4.69) is 47.6 Å². The average molecular weight is 663 g/mol. The minimum absolute atomic E-state index is 0.295. The van der Waals surface area contributed by atoms with Gasteiger partial charge in [0.2, 0.25) is 0 Å². The van der Waals surface area contributed by atoms with Gasteiger partial charge < -0.3 is 40.2 Å². The number of carbonyl (C=O) groups is 6. The summed E-state index contributed by atoms with van der Waals surface area (Å²) in [4.78, 5) is 71.7. The van der Waals surface area contributed by atoms with E-state index < -0.39 is 47.0 Å². The number of urea groups is 2. The smallest absolute Gasteiger partial charge is 0.330 e. The van der Waals surface area contributed by atoms with Crippen molar-refractivity contribution in [2.24, 2.45) is 0 Å². The van der Waals surface area contributed by atoms with Gasteiger partial charge in [0.1, 0.15) is 37.5 Å². The zero-order chi connectivity index (χ0) is 35.7. The van der Waals surface area contributed by atoms with E-state index in [1.54, 1.807) is 48.5 Å². The molecule has 0 atom stereocenters. The lowest BCUT2D eigenvalue weighted by Crippen LogP contribution is -2.54. The molecule has 14 nitrogen and oxygen atoms in total. The van der Waals surface area contributed by atoms with Crippen LogP contribution in [0, 0.1) is 0 Å². The van der Waals surface area contributed by atoms with Gasteiger partial charge in [-0.3, -0.25) is 0 Å². The van der Waals surface area contributed by atoms with Crippen molar-refractivity contribution in [3.8, 4) is 11.1 Å². The fourth-order valence-electron chi connectivity index (χ4n) is 3.75. The van der Waals surface area contributed by atoms with Crippen LogP contribution in [-0.4, -0.2) is 73.4 Å². The zero-order valence-electron chi connectivity index (χ0n) is 26.7. The number of esters is 4. The number of anilines is 2. The fourth-order valence-corrected chi connectivity index (χ4v) is 3.75. The van der Waals surface area contributed by atoms with E-state index >= 15 is 0 Å². The van der Waals surface area contributed by atoms with Gasteiger partial charge in [-0.2, -0.15) is 0 Å². The maximum absolute atomic E-state index is 12.7. The molecule has 254 valence electrons. The molecule has 0 radical (unpaired) electrons. The van der Waals surface area contributed by atoms with Crippen LogP contribution in [0.5, 0.6) is 0 Å². The predicted octanol–water partition coefficient (Wildman–Crippen LogP) is 4.03. The van der Waals surface area contributed by atoms with Gasteiger partial charge in [-0.25, -0.2) is 28.8 Å². The summed E-state index contributed by atoms with van der Waals surface area (Å²) in [6.07, 6.45) is 3.87. The van der Waals surface area contributed by atoms with E-state index in [-0.39, 0.29) is 26.4 Å². The second-order valence-electron chi connectivity index (χ2n) is 10.7. The van der Waals surface area contributed by atoms with E-state index in [0.717, 1.165) is 35.4 Å². The Morgan fingerprint density at radius 3 is 1.00 bits per heavy atom. The van der Waals surface area contributed by atoms with E-state index in [1.807, 2.05) is 0 Å². The van der Waals surface area contributed by atoms with Crippen molar-refractivity contribution in [3.63, 3.8) is 0 Å². The zero-order valence-corrected chi connectivity index (χ0v) is 26.7. The Kier molecular flexibility index (Phi) is 14.3. The largest absolute Gasteiger partial charge is 0.460 e. The first-order valence-corrected chi connectivity index (χ1v) is 14.3. The SMILES string of the molecule is C=CC(=O)OCC(C)(COC(=O)C=C)NC(=O)Nc1ccc(-c2ccc(NC(=O)NC(C)(COC(=O)C=C)COC(=O)C=C)cc2)cc1. The quantitative estimate of drug-likeness (QED) is 0.109. The molecule has 2 aromatic carbocycles. The van der Waals surface area contributed by atoms with Gasteiger partial charge >= 0.3 is 35.9 Å². The highest BCUT2D eigenvalue weighted by Crippen LogP contribution is 2.23. The first kappa shape index (κ1) is 38.0. The van der Waals surface area contributed by atoms with Crippen LogP contribution in [0.1, 0.15) is 13.8 Å². The summed E-state index contributed by atoms with van der Waals surface area (Å²) < 4.78 is 20.2. The Morgan fingerprint density at radius 2 is 0.771 bits per heavy atom. The van der Waals surface area contributed by atoms with Crippen molar-refractivity contribution in [2.75, 3.05) is 37.1 Å². The van der Waals surface area contributed by atoms with Gasteiger partial charge in [-0.15, -0.1) is 0 Å². The number of hydrogen-bond donors (Lipinski definition) is 4. The molecule has 0 bridgehead atoms. The standard InChI is InChI=1S/C34H38N4O10/c1-7-27(39)45-19-33(5,20-46-28(40)8-2)37-31(43)35-25-15-11-23(12-16-25)24-13-17-26(18-14-24)36-32(44)38-34(6,21-47-29(41)9-3)22-48-30(42)10-4/h7-18H,1-4,19-22H2,5-6H3,(H2,35,37,43)(H2,36,38,44).